The molecule has 5 atom stereocenters. The first-order chi connectivity index (χ1) is 53.2. The predicted molar refractivity (Wildman–Crippen MR) is 454 cm³/mol. The van der Waals surface area contributed by atoms with E-state index in [2.05, 4.69) is 227 Å². The van der Waals surface area contributed by atoms with Gasteiger partial charge in [0.05, 0.1) is 26.4 Å². The third-order valence-corrected chi connectivity index (χ3v) is 18.4. The molecule has 0 aliphatic heterocycles. The monoisotopic (exact) mass is 1560 g/mol. The minimum absolute atomic E-state index is 0.0761. The van der Waals surface area contributed by atoms with Crippen molar-refractivity contribution in [3.8, 4) is 0 Å². The summed E-state index contributed by atoms with van der Waals surface area (Å²) in [6.45, 7) is 2.27. The summed E-state index contributed by atoms with van der Waals surface area (Å²) in [4.78, 5) is 58.8. The van der Waals surface area contributed by atoms with Gasteiger partial charge in [-0.25, -0.2) is 9.13 Å². The summed E-state index contributed by atoms with van der Waals surface area (Å²) >= 11 is 0. The molecule has 0 heterocycles. The normalized spacial score (nSPS) is 15.0. The Bertz CT molecular complexity index is 2810. The fourth-order valence-corrected chi connectivity index (χ4v) is 11.9. The van der Waals surface area contributed by atoms with Crippen molar-refractivity contribution in [2.24, 2.45) is 0 Å². The second-order valence-electron chi connectivity index (χ2n) is 26.8. The Morgan fingerprint density at radius 1 is 0.257 bits per heavy atom. The van der Waals surface area contributed by atoms with Gasteiger partial charge in [0, 0.05) is 19.3 Å². The molecule has 109 heavy (non-hydrogen) atoms. The summed E-state index contributed by atoms with van der Waals surface area (Å²) in [6.07, 6.45) is 109. The number of carbonyl (C=O) groups is 3. The van der Waals surface area contributed by atoms with Crippen LogP contribution in [-0.4, -0.2) is 95.9 Å². The van der Waals surface area contributed by atoms with Gasteiger partial charge in [0.1, 0.15) is 25.4 Å². The summed E-state index contributed by atoms with van der Waals surface area (Å²) in [5, 5.41) is 20.7. The van der Waals surface area contributed by atoms with Crippen molar-refractivity contribution in [1.82, 2.24) is 0 Å². The SMILES string of the molecule is CC/C=C\C/C=C\C/C=C\C/C=C\C/C=C\C/C=C\CCCCCCCCCCC(=O)OCC(O)COP(=O)(O)OCC(O)COP(=O)(O)OCC(COC(=O)CCCCCC/C=C\C/C=C\C/C=C\C/C=C\C/C=C\C/C=C\CC)OC(=O)CCCCCCCCC/C=C\C/C=C\C/C=C\C/C=C\C/C=C\CC. The van der Waals surface area contributed by atoms with Crippen LogP contribution in [0.4, 0.5) is 0 Å². The second-order valence-corrected chi connectivity index (χ2v) is 29.7. The molecular weight excluding hydrogens is 1410 g/mol. The molecule has 0 spiro atoms. The zero-order valence-electron chi connectivity index (χ0n) is 67.4. The van der Waals surface area contributed by atoms with Crippen molar-refractivity contribution in [1.29, 1.82) is 0 Å². The number of carbonyl (C=O) groups excluding carboxylic acids is 3. The summed E-state index contributed by atoms with van der Waals surface area (Å²) in [5.41, 5.74) is 0. The van der Waals surface area contributed by atoms with Crippen LogP contribution in [0.15, 0.2) is 207 Å². The number of aliphatic hydroxyl groups excluding tert-OH is 2. The maximum Gasteiger partial charge on any atom is 0.472 e. The molecule has 16 nitrogen and oxygen atoms in total. The molecule has 0 saturated carbocycles. The highest BCUT2D eigenvalue weighted by Gasteiger charge is 2.29. The van der Waals surface area contributed by atoms with E-state index in [1.54, 1.807) is 0 Å². The fourth-order valence-electron chi connectivity index (χ4n) is 10.3. The Labute approximate surface area is 660 Å². The third-order valence-electron chi connectivity index (χ3n) is 16.5. The number of rotatable bonds is 76. The lowest BCUT2D eigenvalue weighted by Crippen LogP contribution is -2.30. The highest BCUT2D eigenvalue weighted by molar-refractivity contribution is 7.47. The van der Waals surface area contributed by atoms with Crippen LogP contribution in [0, 0.1) is 0 Å². The van der Waals surface area contributed by atoms with E-state index < -0.39 is 91.5 Å². The van der Waals surface area contributed by atoms with E-state index in [-0.39, 0.29) is 19.3 Å². The Kier molecular flexibility index (Phi) is 77.2. The van der Waals surface area contributed by atoms with Crippen LogP contribution in [0.3, 0.4) is 0 Å². The zero-order valence-corrected chi connectivity index (χ0v) is 69.2. The standard InChI is InChI=1S/C91H146O16P2/c1-4-7-10-13-16-19-22-25-28-31-34-37-40-41-42-43-46-48-50-53-56-59-62-65-68-71-74-77-89(94)101-80-86(92)81-103-108(97,98)104-82-87(93)83-105-109(99,100)106-85-88(107-91(96)79-76-73-70-67-64-61-58-55-52-49-45-39-36-33-30-27-24-21-18-15-12-9-6-3)84-102-90(95)78-75-72-69-66-63-60-57-54-51-47-44-38-35-32-29-26-23-20-17-14-11-8-5-2/h7-12,16-21,25-30,34-39,41-42,46-49,51-52,57,60,86-88,92-93H,4-6,13-15,22-24,31-33,40,43-45,50,53-56,58-59,61-85H2,1-3H3,(H,97,98)(H,99,100)/b10-7-,11-8-,12-9-,19-16-,20-17-,21-18-,28-25-,29-26-,30-27-,37-34-,38-35-,39-36-,42-41-,48-46-,51-47-,52-49-,60-57-. The quantitative estimate of drug-likeness (QED) is 0.0146. The number of phosphoric ester groups is 2. The van der Waals surface area contributed by atoms with E-state index in [1.165, 1.54) is 19.3 Å². The maximum atomic E-state index is 13.0. The van der Waals surface area contributed by atoms with E-state index in [0.29, 0.717) is 19.3 Å². The van der Waals surface area contributed by atoms with E-state index in [9.17, 15) is 43.5 Å². The Hall–Kier alpha value is -5.87. The summed E-state index contributed by atoms with van der Waals surface area (Å²) in [5.74, 6) is -1.64. The van der Waals surface area contributed by atoms with Gasteiger partial charge in [-0.2, -0.15) is 0 Å². The highest BCUT2D eigenvalue weighted by atomic mass is 31.2. The molecule has 0 aromatic carbocycles. The maximum absolute atomic E-state index is 13.0. The molecule has 0 rings (SSSR count). The van der Waals surface area contributed by atoms with Gasteiger partial charge in [0.15, 0.2) is 6.10 Å². The van der Waals surface area contributed by atoms with Crippen LogP contribution < -0.4 is 0 Å². The Balaban J connectivity index is 4.75. The van der Waals surface area contributed by atoms with Gasteiger partial charge in [-0.05, 0) is 167 Å². The molecule has 5 unspecified atom stereocenters. The summed E-state index contributed by atoms with van der Waals surface area (Å²) < 4.78 is 61.3. The van der Waals surface area contributed by atoms with Crippen molar-refractivity contribution < 1.29 is 75.8 Å². The van der Waals surface area contributed by atoms with Crippen LogP contribution in [0.1, 0.15) is 290 Å². The average Bonchev–Trinajstić information content (AvgIpc) is 0.904. The first-order valence-electron chi connectivity index (χ1n) is 41.4. The Morgan fingerprint density at radius 3 is 0.725 bits per heavy atom. The van der Waals surface area contributed by atoms with Crippen molar-refractivity contribution in [2.75, 3.05) is 39.6 Å². The van der Waals surface area contributed by atoms with Gasteiger partial charge in [-0.1, -0.05) is 311 Å². The number of unbranched alkanes of at least 4 members (excludes halogenated alkanes) is 19. The summed E-state index contributed by atoms with van der Waals surface area (Å²) in [7, 11) is -9.83. The number of esters is 3. The average molecular weight is 1560 g/mol. The molecule has 0 saturated heterocycles. The van der Waals surface area contributed by atoms with Crippen LogP contribution in [0.2, 0.25) is 0 Å². The van der Waals surface area contributed by atoms with Gasteiger partial charge < -0.3 is 34.2 Å². The van der Waals surface area contributed by atoms with Crippen LogP contribution in [0.5, 0.6) is 0 Å². The van der Waals surface area contributed by atoms with Crippen LogP contribution in [0.25, 0.3) is 0 Å². The molecule has 0 fully saturated rings. The van der Waals surface area contributed by atoms with Crippen molar-refractivity contribution in [3.05, 3.63) is 207 Å². The molecule has 616 valence electrons. The molecule has 0 aliphatic carbocycles. The van der Waals surface area contributed by atoms with Crippen molar-refractivity contribution >= 4 is 33.6 Å². The molecule has 0 aromatic heterocycles. The zero-order chi connectivity index (χ0) is 79.4. The van der Waals surface area contributed by atoms with Crippen molar-refractivity contribution in [3.63, 3.8) is 0 Å². The van der Waals surface area contributed by atoms with Gasteiger partial charge in [-0.15, -0.1) is 0 Å². The van der Waals surface area contributed by atoms with Gasteiger partial charge in [0.2, 0.25) is 0 Å². The van der Waals surface area contributed by atoms with E-state index in [4.69, 9.17) is 32.3 Å². The Morgan fingerprint density at radius 2 is 0.459 bits per heavy atom. The van der Waals surface area contributed by atoms with Crippen molar-refractivity contribution in [2.45, 2.75) is 309 Å². The molecule has 0 aliphatic rings. The number of hydrogen-bond donors (Lipinski definition) is 4. The third kappa shape index (κ3) is 82.9. The fraction of sp³-hybridized carbons (Fsp3) is 0.593. The molecular formula is C91H146O16P2. The molecule has 4 N–H and O–H groups in total. The minimum Gasteiger partial charge on any atom is -0.463 e. The molecule has 0 bridgehead atoms. The molecule has 18 heteroatoms. The van der Waals surface area contributed by atoms with Crippen LogP contribution >= 0.6 is 15.6 Å². The van der Waals surface area contributed by atoms with Gasteiger partial charge >= 0.3 is 33.6 Å². The van der Waals surface area contributed by atoms with Crippen LogP contribution in [-0.2, 0) is 55.8 Å². The summed E-state index contributed by atoms with van der Waals surface area (Å²) in [6, 6.07) is 0. The first-order valence-corrected chi connectivity index (χ1v) is 44.4. The molecule has 0 radical (unpaired) electrons. The first kappa shape index (κ1) is 103. The highest BCUT2D eigenvalue weighted by Crippen LogP contribution is 2.45. The largest absolute Gasteiger partial charge is 0.472 e. The van der Waals surface area contributed by atoms with E-state index in [0.717, 1.165) is 212 Å². The smallest absolute Gasteiger partial charge is 0.463 e. The number of hydrogen-bond acceptors (Lipinski definition) is 14. The lowest BCUT2D eigenvalue weighted by Gasteiger charge is -2.21. The predicted octanol–water partition coefficient (Wildman–Crippen LogP) is 24.9. The van der Waals surface area contributed by atoms with E-state index >= 15 is 0 Å². The number of ether oxygens (including phenoxy) is 3. The minimum atomic E-state index is -4.96. The van der Waals surface area contributed by atoms with E-state index in [1.807, 2.05) is 0 Å². The number of aliphatic hydroxyl groups is 2. The second kappa shape index (κ2) is 81.6. The molecule has 0 aromatic rings. The van der Waals surface area contributed by atoms with Gasteiger partial charge in [-0.3, -0.25) is 32.5 Å². The lowest BCUT2D eigenvalue weighted by atomic mass is 10.1. The van der Waals surface area contributed by atoms with Gasteiger partial charge in [0.25, 0.3) is 0 Å². The lowest BCUT2D eigenvalue weighted by molar-refractivity contribution is -0.161. The molecule has 0 amide bonds. The number of allylic oxidation sites excluding steroid dienone is 34. The topological polar surface area (TPSA) is 231 Å². The number of phosphoric acid groups is 2.